The standard InChI is InChI=1S/C23H30N4O7/c1-14-5-6-16(11-17(14)27(32)33)24-18(28)13-34-19(29)12-26-20(30)23(25-21(26)31)9-7-15(8-10-23)22(2,3)4/h5-6,11,15H,7-10,12-13H2,1-4H3,(H,24,28)(H,25,31). The van der Waals surface area contributed by atoms with Crippen LogP contribution < -0.4 is 10.6 Å². The molecule has 2 aliphatic rings. The summed E-state index contributed by atoms with van der Waals surface area (Å²) < 4.78 is 4.91. The maximum atomic E-state index is 13.0. The maximum absolute atomic E-state index is 13.0. The van der Waals surface area contributed by atoms with Crippen LogP contribution in [0.15, 0.2) is 18.2 Å². The quantitative estimate of drug-likeness (QED) is 0.279. The number of benzene rings is 1. The molecule has 34 heavy (non-hydrogen) atoms. The molecule has 1 aliphatic heterocycles. The first-order valence-corrected chi connectivity index (χ1v) is 11.2. The summed E-state index contributed by atoms with van der Waals surface area (Å²) in [6.07, 6.45) is 2.61. The van der Waals surface area contributed by atoms with E-state index in [-0.39, 0.29) is 16.8 Å². The molecule has 184 valence electrons. The number of nitrogens with one attached hydrogen (secondary N) is 2. The Hall–Kier alpha value is -3.50. The normalized spacial score (nSPS) is 22.5. The first-order chi connectivity index (χ1) is 15.8. The summed E-state index contributed by atoms with van der Waals surface area (Å²) in [7, 11) is 0. The SMILES string of the molecule is Cc1ccc(NC(=O)COC(=O)CN2C(=O)NC3(CCC(C(C)(C)C)CC3)C2=O)cc1[N+](=O)[O-]. The number of esters is 1. The van der Waals surface area contributed by atoms with Crippen molar-refractivity contribution in [2.24, 2.45) is 11.3 Å². The summed E-state index contributed by atoms with van der Waals surface area (Å²) in [5, 5.41) is 16.2. The lowest BCUT2D eigenvalue weighted by Crippen LogP contribution is -2.50. The fourth-order valence-corrected chi connectivity index (χ4v) is 4.54. The molecule has 0 unspecified atom stereocenters. The number of ether oxygens (including phenoxy) is 1. The molecule has 1 heterocycles. The maximum Gasteiger partial charge on any atom is 0.326 e. The molecule has 0 bridgehead atoms. The Labute approximate surface area is 197 Å². The molecular weight excluding hydrogens is 444 g/mol. The lowest BCUT2D eigenvalue weighted by molar-refractivity contribution is -0.385. The van der Waals surface area contributed by atoms with Gasteiger partial charge in [0.15, 0.2) is 6.61 Å². The minimum atomic E-state index is -0.989. The highest BCUT2D eigenvalue weighted by molar-refractivity contribution is 6.08. The summed E-state index contributed by atoms with van der Waals surface area (Å²) in [5.74, 6) is -1.62. The van der Waals surface area contributed by atoms with Gasteiger partial charge in [0.1, 0.15) is 12.1 Å². The number of nitro benzene ring substituents is 1. The van der Waals surface area contributed by atoms with Crippen LogP contribution in [0.4, 0.5) is 16.2 Å². The van der Waals surface area contributed by atoms with Crippen molar-refractivity contribution in [2.45, 2.75) is 58.9 Å². The summed E-state index contributed by atoms with van der Waals surface area (Å²) in [6, 6.07) is 3.54. The van der Waals surface area contributed by atoms with Crippen molar-refractivity contribution in [3.05, 3.63) is 33.9 Å². The Morgan fingerprint density at radius 1 is 1.26 bits per heavy atom. The van der Waals surface area contributed by atoms with Crippen molar-refractivity contribution < 1.29 is 28.8 Å². The highest BCUT2D eigenvalue weighted by atomic mass is 16.6. The molecule has 1 aromatic carbocycles. The monoisotopic (exact) mass is 474 g/mol. The summed E-state index contributed by atoms with van der Waals surface area (Å²) in [4.78, 5) is 61.0. The third kappa shape index (κ3) is 5.35. The van der Waals surface area contributed by atoms with Gasteiger partial charge in [0.2, 0.25) is 0 Å². The first kappa shape index (κ1) is 25.1. The zero-order valence-electron chi connectivity index (χ0n) is 19.8. The van der Waals surface area contributed by atoms with Gasteiger partial charge in [0.05, 0.1) is 4.92 Å². The molecule has 1 aliphatic carbocycles. The van der Waals surface area contributed by atoms with Crippen LogP contribution in [0.3, 0.4) is 0 Å². The fourth-order valence-electron chi connectivity index (χ4n) is 4.54. The number of urea groups is 1. The average Bonchev–Trinajstić information content (AvgIpc) is 2.97. The van der Waals surface area contributed by atoms with Crippen molar-refractivity contribution >= 4 is 35.2 Å². The van der Waals surface area contributed by atoms with Crippen LogP contribution >= 0.6 is 0 Å². The zero-order valence-corrected chi connectivity index (χ0v) is 19.8. The molecule has 0 radical (unpaired) electrons. The van der Waals surface area contributed by atoms with E-state index >= 15 is 0 Å². The molecule has 1 spiro atoms. The molecule has 11 heteroatoms. The van der Waals surface area contributed by atoms with Gasteiger partial charge >= 0.3 is 12.0 Å². The minimum Gasteiger partial charge on any atom is -0.454 e. The van der Waals surface area contributed by atoms with Gasteiger partial charge in [-0.25, -0.2) is 4.79 Å². The fraction of sp³-hybridized carbons (Fsp3) is 0.565. The van der Waals surface area contributed by atoms with Crippen LogP contribution in [0, 0.1) is 28.4 Å². The third-order valence-electron chi connectivity index (χ3n) is 6.65. The van der Waals surface area contributed by atoms with Gasteiger partial charge in [-0.3, -0.25) is 29.4 Å². The molecule has 3 rings (SSSR count). The first-order valence-electron chi connectivity index (χ1n) is 11.2. The second-order valence-electron chi connectivity index (χ2n) is 10.0. The van der Waals surface area contributed by atoms with Crippen molar-refractivity contribution in [1.29, 1.82) is 0 Å². The number of imide groups is 1. The van der Waals surface area contributed by atoms with E-state index < -0.39 is 47.4 Å². The summed E-state index contributed by atoms with van der Waals surface area (Å²) >= 11 is 0. The lowest BCUT2D eigenvalue weighted by Gasteiger charge is -2.40. The van der Waals surface area contributed by atoms with Crippen LogP contribution in [-0.4, -0.2) is 52.3 Å². The van der Waals surface area contributed by atoms with E-state index in [1.165, 1.54) is 18.2 Å². The van der Waals surface area contributed by atoms with Gasteiger partial charge < -0.3 is 15.4 Å². The Kier molecular flexibility index (Phi) is 6.94. The number of anilines is 1. The van der Waals surface area contributed by atoms with Crippen LogP contribution in [0.25, 0.3) is 0 Å². The smallest absolute Gasteiger partial charge is 0.326 e. The molecule has 2 N–H and O–H groups in total. The topological polar surface area (TPSA) is 148 Å². The Balaban J connectivity index is 1.52. The molecule has 2 fully saturated rings. The number of rotatable bonds is 6. The summed E-state index contributed by atoms with van der Waals surface area (Å²) in [5.41, 5.74) is -0.413. The predicted octanol–water partition coefficient (Wildman–Crippen LogP) is 2.91. The number of nitrogens with zero attached hydrogens (tertiary/aromatic N) is 2. The summed E-state index contributed by atoms with van der Waals surface area (Å²) in [6.45, 7) is 6.78. The highest BCUT2D eigenvalue weighted by Crippen LogP contribution is 2.43. The van der Waals surface area contributed by atoms with E-state index in [1.54, 1.807) is 6.92 Å². The van der Waals surface area contributed by atoms with E-state index in [1.807, 2.05) is 0 Å². The second-order valence-corrected chi connectivity index (χ2v) is 10.0. The molecule has 1 aromatic rings. The molecule has 0 aromatic heterocycles. The number of hydrogen-bond acceptors (Lipinski definition) is 7. The lowest BCUT2D eigenvalue weighted by atomic mass is 9.67. The Morgan fingerprint density at radius 2 is 1.91 bits per heavy atom. The molecule has 0 atom stereocenters. The van der Waals surface area contributed by atoms with E-state index in [0.29, 0.717) is 24.3 Å². The second kappa shape index (κ2) is 9.40. The highest BCUT2D eigenvalue weighted by Gasteiger charge is 2.53. The molecule has 11 nitrogen and oxygen atoms in total. The molecular formula is C23H30N4O7. The van der Waals surface area contributed by atoms with Gasteiger partial charge in [-0.15, -0.1) is 0 Å². The van der Waals surface area contributed by atoms with Crippen LogP contribution in [0.1, 0.15) is 52.0 Å². The van der Waals surface area contributed by atoms with E-state index in [9.17, 15) is 29.3 Å². The predicted molar refractivity (Wildman–Crippen MR) is 122 cm³/mol. The Morgan fingerprint density at radius 3 is 2.50 bits per heavy atom. The van der Waals surface area contributed by atoms with Crippen molar-refractivity contribution in [2.75, 3.05) is 18.5 Å². The van der Waals surface area contributed by atoms with Crippen molar-refractivity contribution in [3.63, 3.8) is 0 Å². The number of amides is 4. The van der Waals surface area contributed by atoms with Gasteiger partial charge in [-0.1, -0.05) is 26.8 Å². The number of carbonyl (C=O) groups is 4. The van der Waals surface area contributed by atoms with Gasteiger partial charge in [0.25, 0.3) is 17.5 Å². The minimum absolute atomic E-state index is 0.112. The van der Waals surface area contributed by atoms with E-state index in [4.69, 9.17) is 4.74 Å². The van der Waals surface area contributed by atoms with Gasteiger partial charge in [-0.05, 0) is 50.0 Å². The van der Waals surface area contributed by atoms with E-state index in [0.717, 1.165) is 17.7 Å². The number of carbonyl (C=O) groups excluding carboxylic acids is 4. The van der Waals surface area contributed by atoms with Gasteiger partial charge in [0, 0.05) is 17.3 Å². The largest absolute Gasteiger partial charge is 0.454 e. The third-order valence-corrected chi connectivity index (χ3v) is 6.65. The molecule has 1 saturated carbocycles. The van der Waals surface area contributed by atoms with Gasteiger partial charge in [-0.2, -0.15) is 0 Å². The number of nitro groups is 1. The van der Waals surface area contributed by atoms with E-state index in [2.05, 4.69) is 31.4 Å². The molecule has 1 saturated heterocycles. The average molecular weight is 475 g/mol. The van der Waals surface area contributed by atoms with Crippen molar-refractivity contribution in [3.8, 4) is 0 Å². The van der Waals surface area contributed by atoms with Crippen molar-refractivity contribution in [1.82, 2.24) is 10.2 Å². The zero-order chi connectivity index (χ0) is 25.3. The van der Waals surface area contributed by atoms with Crippen LogP contribution in [0.5, 0.6) is 0 Å². The Bertz CT molecular complexity index is 1020. The molecule has 4 amide bonds. The van der Waals surface area contributed by atoms with Crippen LogP contribution in [-0.2, 0) is 19.1 Å². The number of hydrogen-bond donors (Lipinski definition) is 2. The number of aryl methyl sites for hydroxylation is 1. The van der Waals surface area contributed by atoms with Crippen LogP contribution in [0.2, 0.25) is 0 Å².